The van der Waals surface area contributed by atoms with E-state index in [9.17, 15) is 8.42 Å². The fourth-order valence-corrected chi connectivity index (χ4v) is 5.83. The summed E-state index contributed by atoms with van der Waals surface area (Å²) in [5, 5.41) is 1.07. The standard InChI is InChI=1S/C21H23N3O2S/c1-14-11-15(2)20(16(3)12-14)27(25,26)24-9-6-17(7-10-24)19-13-23-21-18(19)5-4-8-22-21/h4-6,8,11-13H,7,9-10H2,1-3H3,(H,22,23). The molecule has 3 heterocycles. The molecule has 1 aliphatic heterocycles. The molecule has 0 bridgehead atoms. The summed E-state index contributed by atoms with van der Waals surface area (Å²) < 4.78 is 28.0. The van der Waals surface area contributed by atoms with Gasteiger partial charge in [-0.25, -0.2) is 13.4 Å². The Kier molecular flexibility index (Phi) is 4.40. The zero-order valence-corrected chi connectivity index (χ0v) is 16.6. The molecule has 5 nitrogen and oxygen atoms in total. The molecule has 2 aromatic heterocycles. The summed E-state index contributed by atoms with van der Waals surface area (Å²) in [5.41, 5.74) is 5.83. The number of aryl methyl sites for hydroxylation is 3. The van der Waals surface area contributed by atoms with Crippen LogP contribution in [0.1, 0.15) is 28.7 Å². The lowest BCUT2D eigenvalue weighted by Gasteiger charge is -2.27. The first-order valence-corrected chi connectivity index (χ1v) is 10.5. The fourth-order valence-electron chi connectivity index (χ4n) is 4.04. The van der Waals surface area contributed by atoms with Crippen molar-refractivity contribution in [1.82, 2.24) is 14.3 Å². The van der Waals surface area contributed by atoms with E-state index in [1.807, 2.05) is 57.3 Å². The lowest BCUT2D eigenvalue weighted by Crippen LogP contribution is -2.35. The van der Waals surface area contributed by atoms with Crippen LogP contribution < -0.4 is 0 Å². The molecule has 0 atom stereocenters. The van der Waals surface area contributed by atoms with Gasteiger partial charge in [0.15, 0.2) is 0 Å². The van der Waals surface area contributed by atoms with E-state index in [-0.39, 0.29) is 0 Å². The number of H-pyrrole nitrogens is 1. The molecule has 1 N–H and O–H groups in total. The van der Waals surface area contributed by atoms with Gasteiger partial charge in [-0.15, -0.1) is 0 Å². The van der Waals surface area contributed by atoms with Crippen LogP contribution in [-0.2, 0) is 10.0 Å². The van der Waals surface area contributed by atoms with Crippen molar-refractivity contribution in [2.45, 2.75) is 32.1 Å². The maximum absolute atomic E-state index is 13.2. The third-order valence-corrected chi connectivity index (χ3v) is 7.34. The second kappa shape index (κ2) is 6.62. The van der Waals surface area contributed by atoms with Crippen LogP contribution in [0, 0.1) is 20.8 Å². The highest BCUT2D eigenvalue weighted by Crippen LogP contribution is 2.31. The van der Waals surface area contributed by atoms with Crippen molar-refractivity contribution in [2.75, 3.05) is 13.1 Å². The molecule has 0 spiro atoms. The Labute approximate surface area is 159 Å². The largest absolute Gasteiger partial charge is 0.346 e. The minimum atomic E-state index is -3.51. The summed E-state index contributed by atoms with van der Waals surface area (Å²) >= 11 is 0. The first-order valence-electron chi connectivity index (χ1n) is 9.07. The monoisotopic (exact) mass is 381 g/mol. The number of aromatic amines is 1. The molecule has 1 aliphatic rings. The first-order chi connectivity index (χ1) is 12.9. The van der Waals surface area contributed by atoms with Gasteiger partial charge in [0.05, 0.1) is 4.90 Å². The smallest absolute Gasteiger partial charge is 0.243 e. The van der Waals surface area contributed by atoms with Crippen LogP contribution in [0.2, 0.25) is 0 Å². The molecule has 0 unspecified atom stereocenters. The van der Waals surface area contributed by atoms with Gasteiger partial charge in [0, 0.05) is 36.4 Å². The number of rotatable bonds is 3. The maximum atomic E-state index is 13.2. The summed E-state index contributed by atoms with van der Waals surface area (Å²) in [7, 11) is -3.51. The van der Waals surface area contributed by atoms with Crippen LogP contribution in [0.4, 0.5) is 0 Å². The predicted octanol–water partition coefficient (Wildman–Crippen LogP) is 3.97. The quantitative estimate of drug-likeness (QED) is 0.747. The number of nitrogens with one attached hydrogen (secondary N) is 1. The Morgan fingerprint density at radius 2 is 1.89 bits per heavy atom. The number of aromatic nitrogens is 2. The number of sulfonamides is 1. The van der Waals surface area contributed by atoms with Crippen molar-refractivity contribution in [1.29, 1.82) is 0 Å². The van der Waals surface area contributed by atoms with Gasteiger partial charge in [0.25, 0.3) is 0 Å². The minimum Gasteiger partial charge on any atom is -0.346 e. The number of pyridine rings is 1. The molecule has 0 saturated heterocycles. The highest BCUT2D eigenvalue weighted by Gasteiger charge is 2.29. The summed E-state index contributed by atoms with van der Waals surface area (Å²) in [6, 6.07) is 7.83. The molecule has 0 radical (unpaired) electrons. The molecule has 140 valence electrons. The van der Waals surface area contributed by atoms with Gasteiger partial charge in [-0.1, -0.05) is 23.8 Å². The van der Waals surface area contributed by atoms with Gasteiger partial charge in [-0.05, 0) is 56.0 Å². The van der Waals surface area contributed by atoms with E-state index in [1.165, 1.54) is 0 Å². The Bertz CT molecular complexity index is 1140. The lowest BCUT2D eigenvalue weighted by atomic mass is 10.0. The van der Waals surface area contributed by atoms with E-state index in [0.717, 1.165) is 38.9 Å². The van der Waals surface area contributed by atoms with Gasteiger partial charge in [-0.2, -0.15) is 4.31 Å². The average Bonchev–Trinajstić information content (AvgIpc) is 3.05. The molecule has 4 rings (SSSR count). The van der Waals surface area contributed by atoms with Crippen molar-refractivity contribution >= 4 is 26.6 Å². The second-order valence-electron chi connectivity index (χ2n) is 7.17. The highest BCUT2D eigenvalue weighted by molar-refractivity contribution is 7.89. The Balaban J connectivity index is 1.65. The zero-order valence-electron chi connectivity index (χ0n) is 15.8. The van der Waals surface area contributed by atoms with Gasteiger partial charge in [0.1, 0.15) is 5.65 Å². The molecule has 0 amide bonds. The zero-order chi connectivity index (χ0) is 19.2. The highest BCUT2D eigenvalue weighted by atomic mass is 32.2. The molecular formula is C21H23N3O2S. The SMILES string of the molecule is Cc1cc(C)c(S(=O)(=O)N2CC=C(c3c[nH]c4ncccc34)CC2)c(C)c1. The molecule has 27 heavy (non-hydrogen) atoms. The normalized spacial score (nSPS) is 15.9. The third-order valence-electron chi connectivity index (χ3n) is 5.17. The fraction of sp³-hybridized carbons (Fsp3) is 0.286. The summed E-state index contributed by atoms with van der Waals surface area (Å²) in [4.78, 5) is 7.96. The maximum Gasteiger partial charge on any atom is 0.243 e. The number of fused-ring (bicyclic) bond motifs is 1. The van der Waals surface area contributed by atoms with E-state index in [0.29, 0.717) is 24.4 Å². The van der Waals surface area contributed by atoms with Crippen LogP contribution in [-0.4, -0.2) is 35.8 Å². The minimum absolute atomic E-state index is 0.386. The predicted molar refractivity (Wildman–Crippen MR) is 108 cm³/mol. The summed E-state index contributed by atoms with van der Waals surface area (Å²) in [5.74, 6) is 0. The van der Waals surface area contributed by atoms with Crippen molar-refractivity contribution in [3.05, 3.63) is 65.0 Å². The van der Waals surface area contributed by atoms with E-state index >= 15 is 0 Å². The first kappa shape index (κ1) is 17.9. The van der Waals surface area contributed by atoms with Gasteiger partial charge >= 0.3 is 0 Å². The van der Waals surface area contributed by atoms with Crippen molar-refractivity contribution in [3.63, 3.8) is 0 Å². The van der Waals surface area contributed by atoms with E-state index in [1.54, 1.807) is 10.5 Å². The van der Waals surface area contributed by atoms with E-state index < -0.39 is 10.0 Å². The molecule has 6 heteroatoms. The van der Waals surface area contributed by atoms with Crippen molar-refractivity contribution < 1.29 is 8.42 Å². The lowest BCUT2D eigenvalue weighted by molar-refractivity contribution is 0.440. The summed E-state index contributed by atoms with van der Waals surface area (Å²) in [6.45, 7) is 6.60. The molecule has 0 saturated carbocycles. The Hall–Kier alpha value is -2.44. The summed E-state index contributed by atoms with van der Waals surface area (Å²) in [6.07, 6.45) is 6.43. The van der Waals surface area contributed by atoms with Crippen LogP contribution in [0.15, 0.2) is 47.6 Å². The van der Waals surface area contributed by atoms with E-state index in [4.69, 9.17) is 0 Å². The second-order valence-corrected chi connectivity index (χ2v) is 9.05. The van der Waals surface area contributed by atoms with Gasteiger partial charge in [-0.3, -0.25) is 0 Å². The van der Waals surface area contributed by atoms with Gasteiger partial charge < -0.3 is 4.98 Å². The van der Waals surface area contributed by atoms with Crippen molar-refractivity contribution in [2.24, 2.45) is 0 Å². The third kappa shape index (κ3) is 3.09. The molecular weight excluding hydrogens is 358 g/mol. The molecule has 0 fully saturated rings. The molecule has 1 aromatic carbocycles. The average molecular weight is 382 g/mol. The topological polar surface area (TPSA) is 66.1 Å². The number of hydrogen-bond donors (Lipinski definition) is 1. The molecule has 3 aromatic rings. The van der Waals surface area contributed by atoms with Crippen LogP contribution in [0.5, 0.6) is 0 Å². The van der Waals surface area contributed by atoms with Crippen LogP contribution in [0.3, 0.4) is 0 Å². The Morgan fingerprint density at radius 1 is 1.15 bits per heavy atom. The van der Waals surface area contributed by atoms with E-state index in [2.05, 4.69) is 9.97 Å². The molecule has 0 aliphatic carbocycles. The number of benzene rings is 1. The number of hydrogen-bond acceptors (Lipinski definition) is 3. The van der Waals surface area contributed by atoms with Crippen molar-refractivity contribution in [3.8, 4) is 0 Å². The van der Waals surface area contributed by atoms with Crippen LogP contribution in [0.25, 0.3) is 16.6 Å². The number of nitrogens with zero attached hydrogens (tertiary/aromatic N) is 2. The Morgan fingerprint density at radius 3 is 2.56 bits per heavy atom. The van der Waals surface area contributed by atoms with Crippen LogP contribution >= 0.6 is 0 Å². The van der Waals surface area contributed by atoms with Gasteiger partial charge in [0.2, 0.25) is 10.0 Å².